The van der Waals surface area contributed by atoms with Crippen molar-refractivity contribution < 1.29 is 4.79 Å². The van der Waals surface area contributed by atoms with Gasteiger partial charge in [0.05, 0.1) is 17.9 Å². The summed E-state index contributed by atoms with van der Waals surface area (Å²) in [7, 11) is 0. The van der Waals surface area contributed by atoms with Crippen molar-refractivity contribution in [1.29, 1.82) is 0 Å². The number of carbonyl (C=O) groups is 1. The fourth-order valence-corrected chi connectivity index (χ4v) is 1.47. The Balaban J connectivity index is 2.57. The van der Waals surface area contributed by atoms with Crippen molar-refractivity contribution in [3.05, 3.63) is 24.0 Å². The molecule has 1 heterocycles. The van der Waals surface area contributed by atoms with Crippen LogP contribution in [-0.4, -0.2) is 16.9 Å². The minimum absolute atomic E-state index is 0.152. The van der Waals surface area contributed by atoms with E-state index in [2.05, 4.69) is 10.3 Å². The summed E-state index contributed by atoms with van der Waals surface area (Å²) < 4.78 is 0. The summed E-state index contributed by atoms with van der Waals surface area (Å²) in [6.07, 6.45) is 4.04. The molecule has 88 valence electrons. The van der Waals surface area contributed by atoms with E-state index < -0.39 is 6.04 Å². The van der Waals surface area contributed by atoms with Crippen molar-refractivity contribution in [2.45, 2.75) is 33.2 Å². The number of nitrogens with one attached hydrogen (secondary N) is 1. The summed E-state index contributed by atoms with van der Waals surface area (Å²) in [4.78, 5) is 15.7. The molecule has 16 heavy (non-hydrogen) atoms. The molecule has 0 radical (unpaired) electrons. The molecule has 1 atom stereocenters. The quantitative estimate of drug-likeness (QED) is 0.813. The number of amides is 1. The molecule has 4 heteroatoms. The van der Waals surface area contributed by atoms with Gasteiger partial charge in [-0.05, 0) is 30.9 Å². The van der Waals surface area contributed by atoms with Crippen LogP contribution < -0.4 is 11.1 Å². The SMILES string of the molecule is Cc1cncc(NC(=O)[C@H](N)CC(C)C)c1. The maximum atomic E-state index is 11.7. The van der Waals surface area contributed by atoms with E-state index in [1.54, 1.807) is 12.4 Å². The molecule has 0 aliphatic carbocycles. The molecule has 0 aromatic carbocycles. The number of hydrogen-bond donors (Lipinski definition) is 2. The summed E-state index contributed by atoms with van der Waals surface area (Å²) in [6, 6.07) is 1.41. The third-order valence-electron chi connectivity index (χ3n) is 2.20. The fraction of sp³-hybridized carbons (Fsp3) is 0.500. The molecular formula is C12H19N3O. The lowest BCUT2D eigenvalue weighted by Gasteiger charge is -2.14. The first-order valence-electron chi connectivity index (χ1n) is 5.47. The Kier molecular flexibility index (Phi) is 4.43. The zero-order valence-corrected chi connectivity index (χ0v) is 10.0. The van der Waals surface area contributed by atoms with Crippen LogP contribution in [0.3, 0.4) is 0 Å². The predicted octanol–water partition coefficient (Wildman–Crippen LogP) is 1.70. The summed E-state index contributed by atoms with van der Waals surface area (Å²) in [5, 5.41) is 2.76. The number of aromatic nitrogens is 1. The van der Waals surface area contributed by atoms with Crippen molar-refractivity contribution in [2.24, 2.45) is 11.7 Å². The molecule has 0 spiro atoms. The highest BCUT2D eigenvalue weighted by molar-refractivity contribution is 5.94. The molecule has 1 rings (SSSR count). The van der Waals surface area contributed by atoms with E-state index in [0.717, 1.165) is 5.56 Å². The molecule has 0 bridgehead atoms. The molecule has 0 saturated heterocycles. The maximum absolute atomic E-state index is 11.7. The lowest BCUT2D eigenvalue weighted by Crippen LogP contribution is -2.36. The second-order valence-corrected chi connectivity index (χ2v) is 4.48. The lowest BCUT2D eigenvalue weighted by molar-refractivity contribution is -0.117. The molecule has 0 aliphatic heterocycles. The van der Waals surface area contributed by atoms with Gasteiger partial charge in [-0.25, -0.2) is 0 Å². The maximum Gasteiger partial charge on any atom is 0.241 e. The third kappa shape index (κ3) is 3.98. The first-order chi connectivity index (χ1) is 7.49. The average Bonchev–Trinajstić information content (AvgIpc) is 2.16. The van der Waals surface area contributed by atoms with E-state index in [0.29, 0.717) is 18.0 Å². The van der Waals surface area contributed by atoms with E-state index in [1.807, 2.05) is 26.8 Å². The molecule has 4 nitrogen and oxygen atoms in total. The van der Waals surface area contributed by atoms with E-state index in [4.69, 9.17) is 5.73 Å². The average molecular weight is 221 g/mol. The Bertz CT molecular complexity index is 363. The summed E-state index contributed by atoms with van der Waals surface area (Å²) in [6.45, 7) is 6.01. The number of carbonyl (C=O) groups excluding carboxylic acids is 1. The monoisotopic (exact) mass is 221 g/mol. The highest BCUT2D eigenvalue weighted by atomic mass is 16.2. The third-order valence-corrected chi connectivity index (χ3v) is 2.20. The van der Waals surface area contributed by atoms with Crippen molar-refractivity contribution in [3.8, 4) is 0 Å². The second-order valence-electron chi connectivity index (χ2n) is 4.48. The Morgan fingerprint density at radius 2 is 2.19 bits per heavy atom. The molecule has 1 aromatic rings. The van der Waals surface area contributed by atoms with Crippen LogP contribution in [0.15, 0.2) is 18.5 Å². The Labute approximate surface area is 96.3 Å². The van der Waals surface area contributed by atoms with Gasteiger partial charge in [0, 0.05) is 6.20 Å². The van der Waals surface area contributed by atoms with Gasteiger partial charge in [-0.2, -0.15) is 0 Å². The minimum Gasteiger partial charge on any atom is -0.323 e. The van der Waals surface area contributed by atoms with Crippen molar-refractivity contribution >= 4 is 11.6 Å². The topological polar surface area (TPSA) is 68.0 Å². The van der Waals surface area contributed by atoms with Crippen molar-refractivity contribution in [2.75, 3.05) is 5.32 Å². The van der Waals surface area contributed by atoms with E-state index in [1.165, 1.54) is 0 Å². The normalized spacial score (nSPS) is 12.6. The number of hydrogen-bond acceptors (Lipinski definition) is 3. The van der Waals surface area contributed by atoms with Gasteiger partial charge in [-0.3, -0.25) is 9.78 Å². The van der Waals surface area contributed by atoms with Gasteiger partial charge in [0.15, 0.2) is 0 Å². The molecule has 0 aliphatic rings. The number of nitrogens with zero attached hydrogens (tertiary/aromatic N) is 1. The van der Waals surface area contributed by atoms with Crippen LogP contribution in [0.4, 0.5) is 5.69 Å². The zero-order valence-electron chi connectivity index (χ0n) is 10.0. The molecule has 1 amide bonds. The van der Waals surface area contributed by atoms with Gasteiger partial charge in [-0.1, -0.05) is 13.8 Å². The Morgan fingerprint density at radius 3 is 2.75 bits per heavy atom. The first-order valence-corrected chi connectivity index (χ1v) is 5.47. The van der Waals surface area contributed by atoms with E-state index in [-0.39, 0.29) is 5.91 Å². The largest absolute Gasteiger partial charge is 0.323 e. The Hall–Kier alpha value is -1.42. The number of rotatable bonds is 4. The highest BCUT2D eigenvalue weighted by Crippen LogP contribution is 2.09. The predicted molar refractivity (Wildman–Crippen MR) is 65.0 cm³/mol. The molecule has 0 fully saturated rings. The number of anilines is 1. The second kappa shape index (κ2) is 5.61. The highest BCUT2D eigenvalue weighted by Gasteiger charge is 2.14. The van der Waals surface area contributed by atoms with E-state index in [9.17, 15) is 4.79 Å². The van der Waals surface area contributed by atoms with Gasteiger partial charge in [0.25, 0.3) is 0 Å². The van der Waals surface area contributed by atoms with Gasteiger partial charge in [0.1, 0.15) is 0 Å². The van der Waals surface area contributed by atoms with E-state index >= 15 is 0 Å². The molecular weight excluding hydrogens is 202 g/mol. The van der Waals surface area contributed by atoms with Crippen LogP contribution >= 0.6 is 0 Å². The number of aryl methyl sites for hydroxylation is 1. The number of nitrogens with two attached hydrogens (primary N) is 1. The summed E-state index contributed by atoms with van der Waals surface area (Å²) >= 11 is 0. The molecule has 0 saturated carbocycles. The van der Waals surface area contributed by atoms with Crippen LogP contribution in [0.2, 0.25) is 0 Å². The fourth-order valence-electron chi connectivity index (χ4n) is 1.47. The van der Waals surface area contributed by atoms with Gasteiger partial charge in [-0.15, -0.1) is 0 Å². The van der Waals surface area contributed by atoms with Crippen molar-refractivity contribution in [3.63, 3.8) is 0 Å². The van der Waals surface area contributed by atoms with Gasteiger partial charge < -0.3 is 11.1 Å². The van der Waals surface area contributed by atoms with Crippen LogP contribution in [0.1, 0.15) is 25.8 Å². The molecule has 0 unspecified atom stereocenters. The summed E-state index contributed by atoms with van der Waals surface area (Å²) in [5.74, 6) is 0.262. The smallest absolute Gasteiger partial charge is 0.241 e. The first kappa shape index (κ1) is 12.6. The standard InChI is InChI=1S/C12H19N3O/c1-8(2)4-11(13)12(16)15-10-5-9(3)6-14-7-10/h5-8,11H,4,13H2,1-3H3,(H,15,16)/t11-/m1/s1. The summed E-state index contributed by atoms with van der Waals surface area (Å²) in [5.41, 5.74) is 7.48. The van der Waals surface area contributed by atoms with Crippen LogP contribution in [0, 0.1) is 12.8 Å². The lowest BCUT2D eigenvalue weighted by atomic mass is 10.0. The number of pyridine rings is 1. The van der Waals surface area contributed by atoms with Crippen LogP contribution in [0.25, 0.3) is 0 Å². The molecule has 3 N–H and O–H groups in total. The van der Waals surface area contributed by atoms with Crippen LogP contribution in [0.5, 0.6) is 0 Å². The Morgan fingerprint density at radius 1 is 1.50 bits per heavy atom. The van der Waals surface area contributed by atoms with Crippen LogP contribution in [-0.2, 0) is 4.79 Å². The van der Waals surface area contributed by atoms with Crippen molar-refractivity contribution in [1.82, 2.24) is 4.98 Å². The zero-order chi connectivity index (χ0) is 12.1. The van der Waals surface area contributed by atoms with Gasteiger partial charge >= 0.3 is 0 Å². The molecule has 1 aromatic heterocycles. The minimum atomic E-state index is -0.458. The van der Waals surface area contributed by atoms with Gasteiger partial charge in [0.2, 0.25) is 5.91 Å².